The maximum atomic E-state index is 6.30. The number of hydrogen-bond donors (Lipinski definition) is 1. The van der Waals surface area contributed by atoms with E-state index in [-0.39, 0.29) is 12.1 Å². The van der Waals surface area contributed by atoms with Gasteiger partial charge in [0, 0.05) is 18.8 Å². The molecule has 2 atom stereocenters. The van der Waals surface area contributed by atoms with E-state index in [1.54, 1.807) is 0 Å². The summed E-state index contributed by atoms with van der Waals surface area (Å²) in [5.74, 6) is 0.866. The van der Waals surface area contributed by atoms with Gasteiger partial charge in [-0.25, -0.2) is 0 Å². The largest absolute Gasteiger partial charge is 0.326 e. The van der Waals surface area contributed by atoms with Crippen LogP contribution in [0, 0.1) is 5.92 Å². The van der Waals surface area contributed by atoms with Crippen LogP contribution in [0.5, 0.6) is 0 Å². The lowest BCUT2D eigenvalue weighted by atomic mass is 9.84. The minimum absolute atomic E-state index is 0.157. The molecule has 0 aromatic carbocycles. The average molecular weight is 247 g/mol. The molecule has 0 bridgehead atoms. The molecule has 0 aliphatic heterocycles. The van der Waals surface area contributed by atoms with Crippen LogP contribution in [0.15, 0.2) is 24.4 Å². The van der Waals surface area contributed by atoms with Crippen LogP contribution in [0.3, 0.4) is 0 Å². The van der Waals surface area contributed by atoms with Gasteiger partial charge >= 0.3 is 0 Å². The SMILES string of the molecule is CCC(N)C(c1ccccn1)N(C)CC1CCC1. The third-order valence-electron chi connectivity index (χ3n) is 4.11. The van der Waals surface area contributed by atoms with Gasteiger partial charge in [0.25, 0.3) is 0 Å². The highest BCUT2D eigenvalue weighted by molar-refractivity contribution is 5.11. The van der Waals surface area contributed by atoms with Crippen LogP contribution in [-0.2, 0) is 0 Å². The summed E-state index contributed by atoms with van der Waals surface area (Å²) in [6.45, 7) is 3.30. The number of rotatable bonds is 6. The van der Waals surface area contributed by atoms with E-state index in [0.29, 0.717) is 0 Å². The molecule has 2 unspecified atom stereocenters. The molecule has 3 heteroatoms. The molecule has 1 aliphatic rings. The normalized spacial score (nSPS) is 19.6. The Morgan fingerprint density at radius 1 is 1.44 bits per heavy atom. The summed E-state index contributed by atoms with van der Waals surface area (Å²) in [6, 6.07) is 6.51. The van der Waals surface area contributed by atoms with Crippen LogP contribution in [0.25, 0.3) is 0 Å². The summed E-state index contributed by atoms with van der Waals surface area (Å²) in [5.41, 5.74) is 7.41. The molecule has 0 radical (unpaired) electrons. The van der Waals surface area contributed by atoms with Crippen molar-refractivity contribution in [1.29, 1.82) is 0 Å². The summed E-state index contributed by atoms with van der Waals surface area (Å²) >= 11 is 0. The predicted molar refractivity (Wildman–Crippen MR) is 75.2 cm³/mol. The van der Waals surface area contributed by atoms with E-state index in [9.17, 15) is 0 Å². The molecule has 1 fully saturated rings. The van der Waals surface area contributed by atoms with Gasteiger partial charge in [-0.2, -0.15) is 0 Å². The maximum absolute atomic E-state index is 6.30. The lowest BCUT2D eigenvalue weighted by molar-refractivity contribution is 0.141. The fourth-order valence-electron chi connectivity index (χ4n) is 2.74. The second kappa shape index (κ2) is 6.30. The lowest BCUT2D eigenvalue weighted by Gasteiger charge is -2.37. The fourth-order valence-corrected chi connectivity index (χ4v) is 2.74. The van der Waals surface area contributed by atoms with Crippen molar-refractivity contribution >= 4 is 0 Å². The predicted octanol–water partition coefficient (Wildman–Crippen LogP) is 2.59. The second-order valence-electron chi connectivity index (χ2n) is 5.51. The maximum Gasteiger partial charge on any atom is 0.0671 e. The minimum atomic E-state index is 0.157. The lowest BCUT2D eigenvalue weighted by Crippen LogP contribution is -2.42. The molecular weight excluding hydrogens is 222 g/mol. The summed E-state index contributed by atoms with van der Waals surface area (Å²) < 4.78 is 0. The Hall–Kier alpha value is -0.930. The molecule has 0 spiro atoms. The first-order valence-electron chi connectivity index (χ1n) is 7.09. The first-order chi connectivity index (χ1) is 8.72. The zero-order chi connectivity index (χ0) is 13.0. The van der Waals surface area contributed by atoms with Crippen molar-refractivity contribution in [3.63, 3.8) is 0 Å². The average Bonchev–Trinajstić information content (AvgIpc) is 2.35. The Labute approximate surface area is 110 Å². The van der Waals surface area contributed by atoms with Crippen molar-refractivity contribution in [2.24, 2.45) is 11.7 Å². The molecule has 1 saturated carbocycles. The molecule has 1 aliphatic carbocycles. The topological polar surface area (TPSA) is 42.1 Å². The van der Waals surface area contributed by atoms with Gasteiger partial charge in [-0.3, -0.25) is 9.88 Å². The minimum Gasteiger partial charge on any atom is -0.326 e. The van der Waals surface area contributed by atoms with Gasteiger partial charge in [0.15, 0.2) is 0 Å². The van der Waals surface area contributed by atoms with Crippen molar-refractivity contribution in [3.8, 4) is 0 Å². The van der Waals surface area contributed by atoms with Crippen LogP contribution >= 0.6 is 0 Å². The van der Waals surface area contributed by atoms with Crippen molar-refractivity contribution in [2.45, 2.75) is 44.7 Å². The number of likely N-dealkylation sites (N-methyl/N-ethyl adjacent to an activating group) is 1. The number of aromatic nitrogens is 1. The zero-order valence-corrected chi connectivity index (χ0v) is 11.5. The molecule has 0 amide bonds. The van der Waals surface area contributed by atoms with Crippen molar-refractivity contribution in [2.75, 3.05) is 13.6 Å². The zero-order valence-electron chi connectivity index (χ0n) is 11.5. The molecule has 2 rings (SSSR count). The standard InChI is InChI=1S/C15H25N3/c1-3-13(16)15(14-9-4-5-10-17-14)18(2)11-12-7-6-8-12/h4-5,9-10,12-13,15H,3,6-8,11,16H2,1-2H3. The Bertz CT molecular complexity index is 348. The third-order valence-corrected chi connectivity index (χ3v) is 4.11. The van der Waals surface area contributed by atoms with E-state index >= 15 is 0 Å². The van der Waals surface area contributed by atoms with Gasteiger partial charge in [0.2, 0.25) is 0 Å². The van der Waals surface area contributed by atoms with Gasteiger partial charge < -0.3 is 5.73 Å². The molecule has 2 N–H and O–H groups in total. The van der Waals surface area contributed by atoms with E-state index in [1.165, 1.54) is 19.3 Å². The van der Waals surface area contributed by atoms with E-state index in [1.807, 2.05) is 12.3 Å². The van der Waals surface area contributed by atoms with Gasteiger partial charge in [-0.1, -0.05) is 19.4 Å². The third kappa shape index (κ3) is 3.09. The Morgan fingerprint density at radius 2 is 2.22 bits per heavy atom. The molecular formula is C15H25N3. The molecule has 1 aromatic heterocycles. The molecule has 1 aromatic rings. The number of pyridine rings is 1. The van der Waals surface area contributed by atoms with Crippen LogP contribution in [0.1, 0.15) is 44.3 Å². The Kier molecular flexibility index (Phi) is 4.72. The first kappa shape index (κ1) is 13.5. The van der Waals surface area contributed by atoms with Crippen LogP contribution in [0.4, 0.5) is 0 Å². The van der Waals surface area contributed by atoms with E-state index in [2.05, 4.69) is 36.0 Å². The van der Waals surface area contributed by atoms with Crippen LogP contribution < -0.4 is 5.73 Å². The quantitative estimate of drug-likeness (QED) is 0.840. The van der Waals surface area contributed by atoms with Crippen molar-refractivity contribution < 1.29 is 0 Å². The van der Waals surface area contributed by atoms with Gasteiger partial charge in [0.1, 0.15) is 0 Å². The smallest absolute Gasteiger partial charge is 0.0671 e. The highest BCUT2D eigenvalue weighted by Gasteiger charge is 2.27. The van der Waals surface area contributed by atoms with E-state index in [0.717, 1.165) is 24.6 Å². The van der Waals surface area contributed by atoms with Gasteiger partial charge in [-0.15, -0.1) is 0 Å². The van der Waals surface area contributed by atoms with Crippen molar-refractivity contribution in [1.82, 2.24) is 9.88 Å². The van der Waals surface area contributed by atoms with Gasteiger partial charge in [0.05, 0.1) is 11.7 Å². The fraction of sp³-hybridized carbons (Fsp3) is 0.667. The molecule has 3 nitrogen and oxygen atoms in total. The summed E-state index contributed by atoms with van der Waals surface area (Å²) in [7, 11) is 2.19. The summed E-state index contributed by atoms with van der Waals surface area (Å²) in [6.07, 6.45) is 6.99. The Balaban J connectivity index is 2.08. The summed E-state index contributed by atoms with van der Waals surface area (Å²) in [4.78, 5) is 6.90. The second-order valence-corrected chi connectivity index (χ2v) is 5.51. The number of hydrogen-bond acceptors (Lipinski definition) is 3. The molecule has 0 saturated heterocycles. The van der Waals surface area contributed by atoms with Crippen molar-refractivity contribution in [3.05, 3.63) is 30.1 Å². The summed E-state index contributed by atoms with van der Waals surface area (Å²) in [5, 5.41) is 0. The van der Waals surface area contributed by atoms with Crippen LogP contribution in [-0.4, -0.2) is 29.5 Å². The number of nitrogens with zero attached hydrogens (tertiary/aromatic N) is 2. The highest BCUT2D eigenvalue weighted by atomic mass is 15.2. The molecule has 1 heterocycles. The number of nitrogens with two attached hydrogens (primary N) is 1. The molecule has 100 valence electrons. The van der Waals surface area contributed by atoms with Crippen LogP contribution in [0.2, 0.25) is 0 Å². The Morgan fingerprint density at radius 3 is 2.72 bits per heavy atom. The van der Waals surface area contributed by atoms with E-state index in [4.69, 9.17) is 5.73 Å². The van der Waals surface area contributed by atoms with Gasteiger partial charge in [-0.05, 0) is 44.4 Å². The highest BCUT2D eigenvalue weighted by Crippen LogP contribution is 2.30. The van der Waals surface area contributed by atoms with E-state index < -0.39 is 0 Å². The first-order valence-corrected chi connectivity index (χ1v) is 7.09. The molecule has 18 heavy (non-hydrogen) atoms. The monoisotopic (exact) mass is 247 g/mol.